The summed E-state index contributed by atoms with van der Waals surface area (Å²) >= 11 is 0. The van der Waals surface area contributed by atoms with Crippen LogP contribution >= 0.6 is 0 Å². The zero-order valence-electron chi connectivity index (χ0n) is 7.27. The second-order valence-corrected chi connectivity index (χ2v) is 2.28. The molecular weight excluding hydrogens is 176 g/mol. The lowest BCUT2D eigenvalue weighted by molar-refractivity contribution is -0.138. The number of carbonyl (C=O) groups is 2. The predicted octanol–water partition coefficient (Wildman–Crippen LogP) is -1.84. The van der Waals surface area contributed by atoms with Gasteiger partial charge >= 0.3 is 12.0 Å². The molecule has 0 spiro atoms. The first-order valence-corrected chi connectivity index (χ1v) is 3.65. The van der Waals surface area contributed by atoms with Gasteiger partial charge in [0.15, 0.2) is 0 Å². The van der Waals surface area contributed by atoms with E-state index in [2.05, 4.69) is 11.5 Å². The highest BCUT2D eigenvalue weighted by Crippen LogP contribution is 1.91. The third-order valence-electron chi connectivity index (χ3n) is 1.04. The highest BCUT2D eigenvalue weighted by Gasteiger charge is 2.08. The van der Waals surface area contributed by atoms with Gasteiger partial charge in [-0.05, 0) is 19.4 Å². The molecule has 9 N–H and O–H groups in total. The summed E-state index contributed by atoms with van der Waals surface area (Å²) in [7, 11) is 0. The number of nitrogens with two attached hydrogens (primary N) is 4. The Labute approximate surface area is 76.0 Å². The van der Waals surface area contributed by atoms with Gasteiger partial charge in [-0.2, -0.15) is 0 Å². The Kier molecular flexibility index (Phi) is 9.56. The maximum absolute atomic E-state index is 10.0. The van der Waals surface area contributed by atoms with Gasteiger partial charge in [0.25, 0.3) is 0 Å². The number of carbonyl (C=O) groups excluding carboxylic acids is 1. The Bertz CT molecular complexity index is 158. The standard InChI is InChI=1S/C5H12N2O2.CH4N2O/c6-3-1-2-4(7)5(8)9;2-1(3)4/h4H,1-3,6-7H2,(H,8,9);(H4,2,3,4). The van der Waals surface area contributed by atoms with Crippen molar-refractivity contribution < 1.29 is 14.7 Å². The molecule has 0 aliphatic carbocycles. The van der Waals surface area contributed by atoms with Crippen molar-refractivity contribution in [2.45, 2.75) is 18.9 Å². The van der Waals surface area contributed by atoms with Crippen LogP contribution in [0.5, 0.6) is 0 Å². The Morgan fingerprint density at radius 2 is 1.69 bits per heavy atom. The number of amides is 2. The predicted molar refractivity (Wildman–Crippen MR) is 47.7 cm³/mol. The van der Waals surface area contributed by atoms with E-state index in [1.165, 1.54) is 0 Å². The normalized spacial score (nSPS) is 10.9. The van der Waals surface area contributed by atoms with Crippen molar-refractivity contribution in [3.05, 3.63) is 0 Å². The molecule has 0 aliphatic heterocycles. The fraction of sp³-hybridized carbons (Fsp3) is 0.667. The lowest BCUT2D eigenvalue weighted by Crippen LogP contribution is -2.30. The van der Waals surface area contributed by atoms with Crippen LogP contribution in [0.4, 0.5) is 4.79 Å². The van der Waals surface area contributed by atoms with Crippen molar-refractivity contribution in [1.29, 1.82) is 0 Å². The van der Waals surface area contributed by atoms with E-state index in [1.807, 2.05) is 0 Å². The second kappa shape index (κ2) is 8.75. The minimum atomic E-state index is -0.955. The van der Waals surface area contributed by atoms with Gasteiger partial charge in [-0.3, -0.25) is 4.79 Å². The Morgan fingerprint density at radius 1 is 1.31 bits per heavy atom. The summed E-state index contributed by atoms with van der Waals surface area (Å²) in [6, 6.07) is -1.58. The number of carboxylic acid groups (broad SMARTS) is 1. The van der Waals surface area contributed by atoms with E-state index in [4.69, 9.17) is 21.4 Å². The summed E-state index contributed by atoms with van der Waals surface area (Å²) < 4.78 is 0. The number of hydrogen-bond donors (Lipinski definition) is 5. The van der Waals surface area contributed by atoms with E-state index in [1.54, 1.807) is 0 Å². The Morgan fingerprint density at radius 3 is 1.92 bits per heavy atom. The van der Waals surface area contributed by atoms with Crippen LogP contribution in [0.1, 0.15) is 12.8 Å². The van der Waals surface area contributed by atoms with Gasteiger partial charge in [-0.15, -0.1) is 0 Å². The number of primary amides is 2. The van der Waals surface area contributed by atoms with E-state index in [-0.39, 0.29) is 0 Å². The molecule has 2 amide bonds. The molecule has 0 rings (SSSR count). The molecule has 0 bridgehead atoms. The molecule has 0 heterocycles. The van der Waals surface area contributed by atoms with Crippen molar-refractivity contribution in [3.63, 3.8) is 0 Å². The van der Waals surface area contributed by atoms with Crippen LogP contribution in [-0.4, -0.2) is 29.7 Å². The van der Waals surface area contributed by atoms with Gasteiger partial charge in [0.05, 0.1) is 0 Å². The number of urea groups is 1. The molecule has 0 saturated carbocycles. The van der Waals surface area contributed by atoms with Crippen molar-refractivity contribution in [3.8, 4) is 0 Å². The lowest BCUT2D eigenvalue weighted by Gasteiger charge is -2.02. The highest BCUT2D eigenvalue weighted by atomic mass is 16.4. The largest absolute Gasteiger partial charge is 0.480 e. The SMILES string of the molecule is NC(N)=O.NCCCC(N)C(=O)O. The van der Waals surface area contributed by atoms with Gasteiger partial charge < -0.3 is 28.0 Å². The third kappa shape index (κ3) is 18.0. The first kappa shape index (κ1) is 14.2. The summed E-state index contributed by atoms with van der Waals surface area (Å²) in [5.41, 5.74) is 18.8. The fourth-order valence-electron chi connectivity index (χ4n) is 0.461. The number of carboxylic acids is 1. The lowest BCUT2D eigenvalue weighted by atomic mass is 10.2. The molecule has 1 atom stereocenters. The van der Waals surface area contributed by atoms with Gasteiger partial charge in [0.2, 0.25) is 0 Å². The summed E-state index contributed by atoms with van der Waals surface area (Å²) in [6.45, 7) is 0.501. The van der Waals surface area contributed by atoms with Crippen molar-refractivity contribution >= 4 is 12.0 Å². The average molecular weight is 192 g/mol. The molecule has 0 radical (unpaired) electrons. The quantitative estimate of drug-likeness (QED) is 0.353. The van der Waals surface area contributed by atoms with Gasteiger partial charge in [0.1, 0.15) is 6.04 Å². The molecule has 0 aromatic rings. The molecule has 13 heavy (non-hydrogen) atoms. The minimum absolute atomic E-state index is 0.464. The van der Waals surface area contributed by atoms with Crippen LogP contribution in [0.2, 0.25) is 0 Å². The van der Waals surface area contributed by atoms with Gasteiger partial charge in [-0.1, -0.05) is 0 Å². The summed E-state index contributed by atoms with van der Waals surface area (Å²) in [5.74, 6) is -0.955. The van der Waals surface area contributed by atoms with E-state index in [0.29, 0.717) is 19.4 Å². The van der Waals surface area contributed by atoms with Gasteiger partial charge in [-0.25, -0.2) is 4.79 Å². The van der Waals surface area contributed by atoms with Gasteiger partial charge in [0, 0.05) is 0 Å². The van der Waals surface area contributed by atoms with Crippen LogP contribution in [0, 0.1) is 0 Å². The molecule has 0 aliphatic rings. The van der Waals surface area contributed by atoms with Crippen LogP contribution in [-0.2, 0) is 4.79 Å². The minimum Gasteiger partial charge on any atom is -0.480 e. The van der Waals surface area contributed by atoms with Crippen molar-refractivity contribution in [2.75, 3.05) is 6.54 Å². The van der Waals surface area contributed by atoms with Crippen LogP contribution in [0.25, 0.3) is 0 Å². The molecule has 1 unspecified atom stereocenters. The van der Waals surface area contributed by atoms with Crippen molar-refractivity contribution in [2.24, 2.45) is 22.9 Å². The highest BCUT2D eigenvalue weighted by molar-refractivity contribution is 5.72. The molecule has 7 nitrogen and oxygen atoms in total. The zero-order chi connectivity index (χ0) is 10.9. The first-order chi connectivity index (χ1) is 5.91. The summed E-state index contributed by atoms with van der Waals surface area (Å²) in [4.78, 5) is 19.0. The second-order valence-electron chi connectivity index (χ2n) is 2.28. The topological polar surface area (TPSA) is 158 Å². The van der Waals surface area contributed by atoms with Crippen LogP contribution < -0.4 is 22.9 Å². The summed E-state index contributed by atoms with van der Waals surface area (Å²) in [6.07, 6.45) is 1.14. The number of aliphatic carboxylic acids is 1. The molecule has 0 fully saturated rings. The molecular formula is C6H16N4O3. The maximum Gasteiger partial charge on any atom is 0.320 e. The monoisotopic (exact) mass is 192 g/mol. The molecule has 0 saturated heterocycles. The zero-order valence-corrected chi connectivity index (χ0v) is 7.27. The Hall–Kier alpha value is -1.34. The average Bonchev–Trinajstić information content (AvgIpc) is 1.98. The first-order valence-electron chi connectivity index (χ1n) is 3.65. The number of rotatable bonds is 4. The van der Waals surface area contributed by atoms with E-state index >= 15 is 0 Å². The Balaban J connectivity index is 0. The fourth-order valence-corrected chi connectivity index (χ4v) is 0.461. The van der Waals surface area contributed by atoms with E-state index in [9.17, 15) is 4.79 Å². The number of hydrogen-bond acceptors (Lipinski definition) is 4. The smallest absolute Gasteiger partial charge is 0.320 e. The van der Waals surface area contributed by atoms with Crippen LogP contribution in [0.3, 0.4) is 0 Å². The molecule has 7 heteroatoms. The molecule has 0 aromatic carbocycles. The summed E-state index contributed by atoms with van der Waals surface area (Å²) in [5, 5.41) is 8.24. The van der Waals surface area contributed by atoms with E-state index in [0.717, 1.165) is 0 Å². The van der Waals surface area contributed by atoms with Crippen LogP contribution in [0.15, 0.2) is 0 Å². The molecule has 78 valence electrons. The maximum atomic E-state index is 10.0. The van der Waals surface area contributed by atoms with E-state index < -0.39 is 18.0 Å². The molecule has 0 aromatic heterocycles. The third-order valence-corrected chi connectivity index (χ3v) is 1.04. The van der Waals surface area contributed by atoms with Crippen molar-refractivity contribution in [1.82, 2.24) is 0 Å².